The molecule has 0 saturated heterocycles. The lowest BCUT2D eigenvalue weighted by atomic mass is 10.1. The van der Waals surface area contributed by atoms with Crippen LogP contribution in [0.25, 0.3) is 11.0 Å². The summed E-state index contributed by atoms with van der Waals surface area (Å²) in [5.74, 6) is 0.659. The Balaban J connectivity index is 0.000000509. The van der Waals surface area contributed by atoms with E-state index in [0.717, 1.165) is 5.56 Å². The van der Waals surface area contributed by atoms with Crippen molar-refractivity contribution in [1.82, 2.24) is 0 Å². The van der Waals surface area contributed by atoms with Crippen molar-refractivity contribution in [2.45, 2.75) is 48.0 Å². The highest BCUT2D eigenvalue weighted by Crippen LogP contribution is 2.15. The Morgan fingerprint density at radius 1 is 1.11 bits per heavy atom. The van der Waals surface area contributed by atoms with Gasteiger partial charge in [0, 0.05) is 6.07 Å². The highest BCUT2D eigenvalue weighted by atomic mass is 16.3. The van der Waals surface area contributed by atoms with Crippen LogP contribution in [0.4, 0.5) is 0 Å². The minimum absolute atomic E-state index is 0.0300. The van der Waals surface area contributed by atoms with Crippen molar-refractivity contribution in [1.29, 1.82) is 0 Å². The van der Waals surface area contributed by atoms with Crippen LogP contribution in [0.5, 0.6) is 0 Å². The van der Waals surface area contributed by atoms with Crippen LogP contribution in [0.3, 0.4) is 0 Å². The molecule has 1 aromatic carbocycles. The molecular formula is C16H24O2. The first kappa shape index (κ1) is 16.4. The van der Waals surface area contributed by atoms with Gasteiger partial charge in [0.15, 0.2) is 5.43 Å². The molecule has 1 heterocycles. The summed E-state index contributed by atoms with van der Waals surface area (Å²) in [5.41, 5.74) is 1.73. The van der Waals surface area contributed by atoms with E-state index in [9.17, 15) is 4.79 Å². The second-order valence-corrected chi connectivity index (χ2v) is 3.88. The highest BCUT2D eigenvalue weighted by molar-refractivity contribution is 5.79. The maximum atomic E-state index is 11.5. The molecule has 2 nitrogen and oxygen atoms in total. The first-order chi connectivity index (χ1) is 8.60. The molecule has 0 radical (unpaired) electrons. The third-order valence-electron chi connectivity index (χ3n) is 2.07. The van der Waals surface area contributed by atoms with E-state index >= 15 is 0 Å². The van der Waals surface area contributed by atoms with E-state index in [1.165, 1.54) is 12.5 Å². The summed E-state index contributed by atoms with van der Waals surface area (Å²) in [6, 6.07) is 7.10. The average molecular weight is 248 g/mol. The Bertz CT molecular complexity index is 524. The van der Waals surface area contributed by atoms with Gasteiger partial charge < -0.3 is 4.42 Å². The molecule has 18 heavy (non-hydrogen) atoms. The fraction of sp³-hybridized carbons (Fsp3) is 0.438. The van der Waals surface area contributed by atoms with E-state index in [1.54, 1.807) is 13.0 Å². The highest BCUT2D eigenvalue weighted by Gasteiger charge is 2.03. The van der Waals surface area contributed by atoms with E-state index in [1.807, 2.05) is 32.9 Å². The summed E-state index contributed by atoms with van der Waals surface area (Å²) in [6.07, 6.45) is 1.25. The zero-order chi connectivity index (χ0) is 14.1. The molecule has 0 amide bonds. The van der Waals surface area contributed by atoms with Crippen molar-refractivity contribution in [2.24, 2.45) is 0 Å². The molecule has 1 aromatic heterocycles. The molecule has 0 fully saturated rings. The smallest absolute Gasteiger partial charge is 0.192 e. The normalized spacial score (nSPS) is 9.00. The molecule has 0 saturated carbocycles. The Kier molecular flexibility index (Phi) is 7.77. The molecule has 100 valence electrons. The number of hydrogen-bond donors (Lipinski definition) is 0. The van der Waals surface area contributed by atoms with Gasteiger partial charge in [-0.1, -0.05) is 46.2 Å². The summed E-state index contributed by atoms with van der Waals surface area (Å²) < 4.78 is 5.47. The second kappa shape index (κ2) is 8.51. The summed E-state index contributed by atoms with van der Waals surface area (Å²) in [6.45, 7) is 12.0. The van der Waals surface area contributed by atoms with E-state index in [-0.39, 0.29) is 5.43 Å². The number of para-hydroxylation sites is 1. The lowest BCUT2D eigenvalue weighted by Crippen LogP contribution is -2.00. The zero-order valence-corrected chi connectivity index (χ0v) is 12.3. The molecule has 0 N–H and O–H groups in total. The number of fused-ring (bicyclic) bond motifs is 1. The fourth-order valence-electron chi connectivity index (χ4n) is 1.43. The van der Waals surface area contributed by atoms with Crippen molar-refractivity contribution in [3.8, 4) is 0 Å². The topological polar surface area (TPSA) is 30.2 Å². The summed E-state index contributed by atoms with van der Waals surface area (Å²) in [5, 5.41) is 0.658. The largest absolute Gasteiger partial charge is 0.461 e. The van der Waals surface area contributed by atoms with Gasteiger partial charge in [0.25, 0.3) is 0 Å². The molecule has 2 aromatic rings. The molecule has 0 unspecified atom stereocenters. The Hall–Kier alpha value is -1.57. The van der Waals surface area contributed by atoms with Crippen LogP contribution in [-0.4, -0.2) is 0 Å². The standard InChI is InChI=1S/C11H10O2.C3H8.C2H6/c1-7-4-3-5-9-10(12)6-8(2)13-11(7)9;1-3-2;1-2/h3-6H,1-2H3;3H2,1-2H3;1-2H3. The average Bonchev–Trinajstić information content (AvgIpc) is 2.34. The van der Waals surface area contributed by atoms with Crippen molar-refractivity contribution in [2.75, 3.05) is 0 Å². The zero-order valence-electron chi connectivity index (χ0n) is 12.3. The Morgan fingerprint density at radius 3 is 2.22 bits per heavy atom. The van der Waals surface area contributed by atoms with Crippen LogP contribution >= 0.6 is 0 Å². The summed E-state index contributed by atoms with van der Waals surface area (Å²) in [4.78, 5) is 11.5. The van der Waals surface area contributed by atoms with Crippen LogP contribution in [-0.2, 0) is 0 Å². The Morgan fingerprint density at radius 2 is 1.67 bits per heavy atom. The van der Waals surface area contributed by atoms with Crippen molar-refractivity contribution in [3.05, 3.63) is 45.8 Å². The second-order valence-electron chi connectivity index (χ2n) is 3.88. The minimum Gasteiger partial charge on any atom is -0.461 e. The summed E-state index contributed by atoms with van der Waals surface area (Å²) in [7, 11) is 0. The molecule has 2 heteroatoms. The van der Waals surface area contributed by atoms with Gasteiger partial charge in [-0.15, -0.1) is 0 Å². The van der Waals surface area contributed by atoms with Crippen molar-refractivity contribution < 1.29 is 4.42 Å². The maximum absolute atomic E-state index is 11.5. The molecule has 0 bridgehead atoms. The molecule has 0 spiro atoms. The van der Waals surface area contributed by atoms with Crippen LogP contribution < -0.4 is 5.43 Å². The number of benzene rings is 1. The van der Waals surface area contributed by atoms with E-state index < -0.39 is 0 Å². The SMILES string of the molecule is CC.CCC.Cc1cc(=O)c2cccc(C)c2o1. The molecule has 0 aliphatic heterocycles. The van der Waals surface area contributed by atoms with Gasteiger partial charge in [0.05, 0.1) is 5.39 Å². The van der Waals surface area contributed by atoms with Gasteiger partial charge in [-0.3, -0.25) is 4.79 Å². The van der Waals surface area contributed by atoms with Gasteiger partial charge in [-0.25, -0.2) is 0 Å². The summed E-state index contributed by atoms with van der Waals surface area (Å²) >= 11 is 0. The molecule has 2 rings (SSSR count). The molecule has 0 aliphatic carbocycles. The fourth-order valence-corrected chi connectivity index (χ4v) is 1.43. The maximum Gasteiger partial charge on any atom is 0.192 e. The van der Waals surface area contributed by atoms with Gasteiger partial charge in [-0.05, 0) is 25.5 Å². The van der Waals surface area contributed by atoms with E-state index in [0.29, 0.717) is 16.7 Å². The van der Waals surface area contributed by atoms with E-state index in [2.05, 4.69) is 13.8 Å². The van der Waals surface area contributed by atoms with Crippen molar-refractivity contribution in [3.63, 3.8) is 0 Å². The molecular weight excluding hydrogens is 224 g/mol. The number of hydrogen-bond acceptors (Lipinski definition) is 2. The third-order valence-corrected chi connectivity index (χ3v) is 2.07. The quantitative estimate of drug-likeness (QED) is 0.667. The lowest BCUT2D eigenvalue weighted by molar-refractivity contribution is 0.562. The lowest BCUT2D eigenvalue weighted by Gasteiger charge is -2.00. The van der Waals surface area contributed by atoms with Crippen molar-refractivity contribution >= 4 is 11.0 Å². The van der Waals surface area contributed by atoms with Gasteiger partial charge in [0.2, 0.25) is 0 Å². The number of rotatable bonds is 0. The first-order valence-electron chi connectivity index (χ1n) is 6.60. The van der Waals surface area contributed by atoms with Crippen LogP contribution in [0.15, 0.2) is 33.5 Å². The molecule has 0 atom stereocenters. The number of aryl methyl sites for hydroxylation is 2. The van der Waals surface area contributed by atoms with Crippen LogP contribution in [0.2, 0.25) is 0 Å². The third kappa shape index (κ3) is 4.36. The van der Waals surface area contributed by atoms with E-state index in [4.69, 9.17) is 4.42 Å². The minimum atomic E-state index is 0.0300. The van der Waals surface area contributed by atoms with Crippen LogP contribution in [0, 0.1) is 13.8 Å². The first-order valence-corrected chi connectivity index (χ1v) is 6.60. The van der Waals surface area contributed by atoms with Crippen LogP contribution in [0.1, 0.15) is 45.4 Å². The van der Waals surface area contributed by atoms with Gasteiger partial charge in [0.1, 0.15) is 11.3 Å². The predicted octanol–water partition coefficient (Wildman–Crippen LogP) is 4.85. The Labute approximate surface area is 110 Å². The predicted molar refractivity (Wildman–Crippen MR) is 79.3 cm³/mol. The molecule has 0 aliphatic rings. The monoisotopic (exact) mass is 248 g/mol. The van der Waals surface area contributed by atoms with Gasteiger partial charge >= 0.3 is 0 Å². The van der Waals surface area contributed by atoms with Gasteiger partial charge in [-0.2, -0.15) is 0 Å².